The van der Waals surface area contributed by atoms with E-state index in [2.05, 4.69) is 39.0 Å². The summed E-state index contributed by atoms with van der Waals surface area (Å²) in [4.78, 5) is 10.9. The molecule has 0 bridgehead atoms. The van der Waals surface area contributed by atoms with E-state index in [4.69, 9.17) is 5.84 Å². The van der Waals surface area contributed by atoms with Gasteiger partial charge in [0.25, 0.3) is 0 Å². The Morgan fingerprint density at radius 1 is 1.65 bits per heavy atom. The zero-order valence-corrected chi connectivity index (χ0v) is 11.1. The molecule has 1 aliphatic heterocycles. The minimum atomic E-state index is 0.483. The summed E-state index contributed by atoms with van der Waals surface area (Å²) >= 11 is 2.05. The molecule has 1 fully saturated rings. The van der Waals surface area contributed by atoms with Crippen LogP contribution >= 0.6 is 11.8 Å². The van der Waals surface area contributed by atoms with Gasteiger partial charge in [0.1, 0.15) is 5.82 Å². The molecule has 1 aromatic rings. The first-order valence-electron chi connectivity index (χ1n) is 5.91. The first-order valence-corrected chi connectivity index (χ1v) is 6.96. The number of hydrogen-bond donors (Lipinski definition) is 2. The molecule has 0 aliphatic carbocycles. The fraction of sp³-hybridized carbons (Fsp3) is 0.636. The normalized spacial score (nSPS) is 20.4. The molecular formula is C11H19N5S. The number of nitrogens with two attached hydrogens (primary N) is 1. The Morgan fingerprint density at radius 2 is 2.47 bits per heavy atom. The van der Waals surface area contributed by atoms with Crippen LogP contribution in [0.4, 0.5) is 11.8 Å². The summed E-state index contributed by atoms with van der Waals surface area (Å²) in [6.45, 7) is 6.38. The third kappa shape index (κ3) is 2.81. The molecule has 0 aromatic carbocycles. The fourth-order valence-electron chi connectivity index (χ4n) is 1.98. The van der Waals surface area contributed by atoms with Gasteiger partial charge in [0.15, 0.2) is 0 Å². The highest BCUT2D eigenvalue weighted by Crippen LogP contribution is 2.26. The average molecular weight is 253 g/mol. The third-order valence-corrected chi connectivity index (χ3v) is 4.34. The number of nitrogens with zero attached hydrogens (tertiary/aromatic N) is 3. The lowest BCUT2D eigenvalue weighted by Gasteiger charge is -2.33. The van der Waals surface area contributed by atoms with Gasteiger partial charge in [-0.2, -0.15) is 16.7 Å². The van der Waals surface area contributed by atoms with Crippen LogP contribution in [0, 0.1) is 6.92 Å². The van der Waals surface area contributed by atoms with Gasteiger partial charge in [0, 0.05) is 35.9 Å². The van der Waals surface area contributed by atoms with Crippen LogP contribution in [0.5, 0.6) is 0 Å². The van der Waals surface area contributed by atoms with E-state index in [1.165, 1.54) is 6.42 Å². The average Bonchev–Trinajstić information content (AvgIpc) is 2.39. The zero-order chi connectivity index (χ0) is 12.3. The molecular weight excluding hydrogens is 234 g/mol. The van der Waals surface area contributed by atoms with Gasteiger partial charge in [0.05, 0.1) is 0 Å². The summed E-state index contributed by atoms with van der Waals surface area (Å²) in [5, 5.41) is 0.701. The first kappa shape index (κ1) is 12.4. The van der Waals surface area contributed by atoms with Crippen LogP contribution in [0.3, 0.4) is 0 Å². The summed E-state index contributed by atoms with van der Waals surface area (Å²) < 4.78 is 0. The number of anilines is 2. The van der Waals surface area contributed by atoms with Crippen molar-refractivity contribution in [2.75, 3.05) is 29.2 Å². The number of nitrogen functional groups attached to an aromatic ring is 1. The van der Waals surface area contributed by atoms with Crippen molar-refractivity contribution in [2.45, 2.75) is 25.5 Å². The second-order valence-electron chi connectivity index (χ2n) is 4.19. The van der Waals surface area contributed by atoms with Gasteiger partial charge in [-0.15, -0.1) is 0 Å². The van der Waals surface area contributed by atoms with Crippen LogP contribution in [0.15, 0.2) is 6.20 Å². The summed E-state index contributed by atoms with van der Waals surface area (Å²) in [6, 6.07) is 0. The predicted molar refractivity (Wildman–Crippen MR) is 73.3 cm³/mol. The van der Waals surface area contributed by atoms with E-state index < -0.39 is 0 Å². The number of thioether (sulfide) groups is 1. The monoisotopic (exact) mass is 253 g/mol. The Labute approximate surface area is 106 Å². The summed E-state index contributed by atoms with van der Waals surface area (Å²) in [5.74, 6) is 8.00. The van der Waals surface area contributed by atoms with Crippen LogP contribution in [-0.4, -0.2) is 34.1 Å². The smallest absolute Gasteiger partial charge is 0.239 e. The van der Waals surface area contributed by atoms with Gasteiger partial charge in [0.2, 0.25) is 5.95 Å². The van der Waals surface area contributed by atoms with Gasteiger partial charge in [-0.05, 0) is 13.3 Å². The van der Waals surface area contributed by atoms with E-state index in [9.17, 15) is 0 Å². The van der Waals surface area contributed by atoms with E-state index in [1.54, 1.807) is 0 Å². The molecule has 0 saturated carbocycles. The Kier molecular flexibility index (Phi) is 4.06. The second-order valence-corrected chi connectivity index (χ2v) is 5.60. The lowest BCUT2D eigenvalue weighted by Crippen LogP contribution is -2.38. The minimum absolute atomic E-state index is 0.483. The molecule has 94 valence electrons. The predicted octanol–water partition coefficient (Wildman–Crippen LogP) is 1.40. The molecule has 1 aliphatic rings. The Hall–Kier alpha value is -1.01. The quantitative estimate of drug-likeness (QED) is 0.627. The highest BCUT2D eigenvalue weighted by atomic mass is 32.2. The van der Waals surface area contributed by atoms with Crippen LogP contribution in [-0.2, 0) is 0 Å². The molecule has 0 amide bonds. The maximum atomic E-state index is 5.35. The Morgan fingerprint density at radius 3 is 3.18 bits per heavy atom. The van der Waals surface area contributed by atoms with E-state index >= 15 is 0 Å². The van der Waals surface area contributed by atoms with Gasteiger partial charge >= 0.3 is 0 Å². The van der Waals surface area contributed by atoms with Crippen molar-refractivity contribution in [3.05, 3.63) is 11.8 Å². The van der Waals surface area contributed by atoms with Crippen molar-refractivity contribution < 1.29 is 0 Å². The Balaban J connectivity index is 2.20. The molecule has 1 saturated heterocycles. The summed E-state index contributed by atoms with van der Waals surface area (Å²) in [6.07, 6.45) is 3.02. The van der Waals surface area contributed by atoms with E-state index in [1.807, 2.05) is 13.1 Å². The second kappa shape index (κ2) is 5.55. The minimum Gasteiger partial charge on any atom is -0.354 e. The van der Waals surface area contributed by atoms with E-state index in [0.29, 0.717) is 11.2 Å². The van der Waals surface area contributed by atoms with Crippen LogP contribution in [0.2, 0.25) is 0 Å². The fourth-order valence-corrected chi connectivity index (χ4v) is 3.16. The maximum Gasteiger partial charge on any atom is 0.239 e. The highest BCUT2D eigenvalue weighted by molar-refractivity contribution is 8.00. The van der Waals surface area contributed by atoms with E-state index in [0.717, 1.165) is 30.2 Å². The van der Waals surface area contributed by atoms with Gasteiger partial charge in [-0.3, -0.25) is 5.43 Å². The first-order chi connectivity index (χ1) is 8.24. The lowest BCUT2D eigenvalue weighted by molar-refractivity contribution is 0.717. The standard InChI is InChI=1S/C11H19N5S/c1-3-9-7-16(4-5-17-9)10-8(2)6-13-11(14-10)15-12/h6,9H,3-5,7,12H2,1-2H3,(H,13,14,15). The lowest BCUT2D eigenvalue weighted by atomic mass is 10.2. The van der Waals surface area contributed by atoms with Gasteiger partial charge in [-0.25, -0.2) is 10.8 Å². The molecule has 0 radical (unpaired) electrons. The largest absolute Gasteiger partial charge is 0.354 e. The van der Waals surface area contributed by atoms with Crippen molar-refractivity contribution in [1.82, 2.24) is 9.97 Å². The molecule has 1 atom stereocenters. The van der Waals surface area contributed by atoms with Crippen LogP contribution in [0.25, 0.3) is 0 Å². The molecule has 6 heteroatoms. The zero-order valence-electron chi connectivity index (χ0n) is 10.3. The molecule has 2 heterocycles. The number of hydrazine groups is 1. The molecule has 5 nitrogen and oxygen atoms in total. The Bertz CT molecular complexity index is 384. The van der Waals surface area contributed by atoms with Crippen molar-refractivity contribution in [1.29, 1.82) is 0 Å². The van der Waals surface area contributed by atoms with Gasteiger partial charge in [-0.1, -0.05) is 6.92 Å². The third-order valence-electron chi connectivity index (χ3n) is 2.97. The van der Waals surface area contributed by atoms with E-state index in [-0.39, 0.29) is 0 Å². The van der Waals surface area contributed by atoms with Crippen molar-refractivity contribution in [3.8, 4) is 0 Å². The molecule has 0 spiro atoms. The molecule has 17 heavy (non-hydrogen) atoms. The van der Waals surface area contributed by atoms with Crippen molar-refractivity contribution >= 4 is 23.5 Å². The van der Waals surface area contributed by atoms with Crippen molar-refractivity contribution in [2.24, 2.45) is 5.84 Å². The molecule has 1 aromatic heterocycles. The molecule has 1 unspecified atom stereocenters. The molecule has 2 rings (SSSR count). The van der Waals surface area contributed by atoms with Crippen LogP contribution in [0.1, 0.15) is 18.9 Å². The summed E-state index contributed by atoms with van der Waals surface area (Å²) in [5.41, 5.74) is 3.61. The van der Waals surface area contributed by atoms with Crippen LogP contribution < -0.4 is 16.2 Å². The SMILES string of the molecule is CCC1CN(c2nc(NN)ncc2C)CCS1. The number of aromatic nitrogens is 2. The van der Waals surface area contributed by atoms with Gasteiger partial charge < -0.3 is 4.90 Å². The number of rotatable bonds is 3. The molecule has 3 N–H and O–H groups in total. The number of nitrogens with one attached hydrogen (secondary N) is 1. The number of aryl methyl sites for hydroxylation is 1. The summed E-state index contributed by atoms with van der Waals surface area (Å²) in [7, 11) is 0. The van der Waals surface area contributed by atoms with Crippen molar-refractivity contribution in [3.63, 3.8) is 0 Å². The topological polar surface area (TPSA) is 67.1 Å². The maximum absolute atomic E-state index is 5.35. The highest BCUT2D eigenvalue weighted by Gasteiger charge is 2.21. The number of hydrogen-bond acceptors (Lipinski definition) is 6.